The van der Waals surface area contributed by atoms with Crippen LogP contribution in [0, 0.1) is 0 Å². The van der Waals surface area contributed by atoms with Gasteiger partial charge in [0.15, 0.2) is 0 Å². The standard InChI is InChI=1S/C19H17F2N9O/c20-14(21)13-11-12-3-1-4-22-15(12)30(13)19-27-17(25-16-23-5-2-6-24-16)26-18(28-19)29-7-9-31-10-8-29/h1-6,11,14H,7-10H2,(H,23,24,25,26,27,28). The Bertz CT molecular complexity index is 1200. The molecule has 5 rings (SSSR count). The highest BCUT2D eigenvalue weighted by molar-refractivity contribution is 5.79. The molecular weight excluding hydrogens is 408 g/mol. The van der Waals surface area contributed by atoms with Crippen LogP contribution in [0.1, 0.15) is 12.1 Å². The molecule has 1 saturated heterocycles. The molecule has 0 bridgehead atoms. The average Bonchev–Trinajstić information content (AvgIpc) is 3.20. The van der Waals surface area contributed by atoms with Gasteiger partial charge in [-0.3, -0.25) is 9.88 Å². The van der Waals surface area contributed by atoms with E-state index in [1.165, 1.54) is 16.8 Å². The summed E-state index contributed by atoms with van der Waals surface area (Å²) in [6.45, 7) is 2.16. The summed E-state index contributed by atoms with van der Waals surface area (Å²) < 4.78 is 34.4. The van der Waals surface area contributed by atoms with Crippen molar-refractivity contribution in [1.82, 2.24) is 34.5 Å². The van der Waals surface area contributed by atoms with Gasteiger partial charge in [-0.1, -0.05) is 0 Å². The van der Waals surface area contributed by atoms with E-state index < -0.39 is 6.43 Å². The van der Waals surface area contributed by atoms with Crippen molar-refractivity contribution in [3.05, 3.63) is 48.5 Å². The molecule has 0 amide bonds. The molecule has 0 aliphatic carbocycles. The highest BCUT2D eigenvalue weighted by Crippen LogP contribution is 2.29. The number of nitrogens with zero attached hydrogens (tertiary/aromatic N) is 8. The molecule has 0 aromatic carbocycles. The Kier molecular flexibility index (Phi) is 5.04. The molecular formula is C19H17F2N9O. The lowest BCUT2D eigenvalue weighted by atomic mass is 10.3. The van der Waals surface area contributed by atoms with Crippen molar-refractivity contribution in [1.29, 1.82) is 0 Å². The van der Waals surface area contributed by atoms with Gasteiger partial charge in [-0.05, 0) is 24.3 Å². The van der Waals surface area contributed by atoms with Gasteiger partial charge in [0.1, 0.15) is 5.65 Å². The maximum absolute atomic E-state index is 13.9. The largest absolute Gasteiger partial charge is 0.378 e. The van der Waals surface area contributed by atoms with E-state index in [0.717, 1.165) is 0 Å². The van der Waals surface area contributed by atoms with E-state index in [4.69, 9.17) is 4.74 Å². The number of rotatable bonds is 5. The molecule has 1 aliphatic heterocycles. The van der Waals surface area contributed by atoms with Gasteiger partial charge in [0, 0.05) is 37.1 Å². The number of fused-ring (bicyclic) bond motifs is 1. The number of anilines is 3. The Morgan fingerprint density at radius 2 is 1.65 bits per heavy atom. The number of halogens is 2. The third-order valence-corrected chi connectivity index (χ3v) is 4.71. The minimum absolute atomic E-state index is 0.0268. The van der Waals surface area contributed by atoms with E-state index in [2.05, 4.69) is 35.2 Å². The SMILES string of the molecule is FC(F)c1cc2cccnc2n1-c1nc(Nc2ncccn2)nc(N2CCOCC2)n1. The minimum atomic E-state index is -2.74. The lowest BCUT2D eigenvalue weighted by Crippen LogP contribution is -2.37. The topological polar surface area (TPSA) is 107 Å². The Hall–Kier alpha value is -3.80. The molecule has 0 radical (unpaired) electrons. The van der Waals surface area contributed by atoms with Crippen LogP contribution in [-0.2, 0) is 4.74 Å². The molecule has 1 N–H and O–H groups in total. The molecule has 5 heterocycles. The Morgan fingerprint density at radius 3 is 2.42 bits per heavy atom. The van der Waals surface area contributed by atoms with Crippen molar-refractivity contribution in [2.45, 2.75) is 6.43 Å². The van der Waals surface area contributed by atoms with Gasteiger partial charge in [0.25, 0.3) is 6.43 Å². The number of ether oxygens (including phenoxy) is 1. The van der Waals surface area contributed by atoms with Crippen LogP contribution in [0.25, 0.3) is 17.0 Å². The van der Waals surface area contributed by atoms with Gasteiger partial charge in [-0.15, -0.1) is 0 Å². The van der Waals surface area contributed by atoms with Crippen LogP contribution >= 0.6 is 0 Å². The quantitative estimate of drug-likeness (QED) is 0.516. The summed E-state index contributed by atoms with van der Waals surface area (Å²) in [5.74, 6) is 0.775. The smallest absolute Gasteiger partial charge is 0.278 e. The summed E-state index contributed by atoms with van der Waals surface area (Å²) in [5, 5.41) is 3.48. The van der Waals surface area contributed by atoms with Crippen molar-refractivity contribution in [2.24, 2.45) is 0 Å². The fourth-order valence-electron chi connectivity index (χ4n) is 3.30. The molecule has 31 heavy (non-hydrogen) atoms. The first-order valence-electron chi connectivity index (χ1n) is 9.57. The molecule has 4 aromatic heterocycles. The number of aromatic nitrogens is 7. The van der Waals surface area contributed by atoms with Crippen molar-refractivity contribution in [2.75, 3.05) is 36.5 Å². The van der Waals surface area contributed by atoms with Crippen LogP contribution in [0.4, 0.5) is 26.6 Å². The summed E-state index contributed by atoms with van der Waals surface area (Å²) in [6, 6.07) is 6.47. The number of pyridine rings is 1. The van der Waals surface area contributed by atoms with Crippen LogP contribution in [0.15, 0.2) is 42.9 Å². The van der Waals surface area contributed by atoms with Gasteiger partial charge in [-0.2, -0.15) is 15.0 Å². The normalized spacial score (nSPS) is 14.4. The second-order valence-corrected chi connectivity index (χ2v) is 6.68. The molecule has 0 atom stereocenters. The molecule has 1 aliphatic rings. The Balaban J connectivity index is 1.66. The van der Waals surface area contributed by atoms with Crippen molar-refractivity contribution >= 4 is 28.9 Å². The van der Waals surface area contributed by atoms with E-state index in [-0.39, 0.29) is 23.5 Å². The fraction of sp³-hybridized carbons (Fsp3) is 0.263. The van der Waals surface area contributed by atoms with E-state index in [1.54, 1.807) is 30.6 Å². The second kappa shape index (κ2) is 8.14. The predicted molar refractivity (Wildman–Crippen MR) is 108 cm³/mol. The second-order valence-electron chi connectivity index (χ2n) is 6.68. The average molecular weight is 425 g/mol. The lowest BCUT2D eigenvalue weighted by molar-refractivity contribution is 0.122. The zero-order valence-electron chi connectivity index (χ0n) is 16.2. The third kappa shape index (κ3) is 3.84. The number of alkyl halides is 2. The van der Waals surface area contributed by atoms with E-state index in [1.807, 2.05) is 4.90 Å². The summed E-state index contributed by atoms with van der Waals surface area (Å²) >= 11 is 0. The molecule has 0 saturated carbocycles. The summed E-state index contributed by atoms with van der Waals surface area (Å²) in [6.07, 6.45) is 1.93. The Labute approximate surface area is 175 Å². The van der Waals surface area contributed by atoms with E-state index in [9.17, 15) is 8.78 Å². The zero-order valence-corrected chi connectivity index (χ0v) is 16.2. The molecule has 1 fully saturated rings. The van der Waals surface area contributed by atoms with Gasteiger partial charge < -0.3 is 9.64 Å². The number of hydrogen-bond donors (Lipinski definition) is 1. The van der Waals surface area contributed by atoms with Crippen LogP contribution in [-0.4, -0.2) is 60.8 Å². The summed E-state index contributed by atoms with van der Waals surface area (Å²) in [7, 11) is 0. The summed E-state index contributed by atoms with van der Waals surface area (Å²) in [4.78, 5) is 27.7. The maximum Gasteiger partial charge on any atom is 0.278 e. The van der Waals surface area contributed by atoms with Gasteiger partial charge in [-0.25, -0.2) is 23.7 Å². The summed E-state index contributed by atoms with van der Waals surface area (Å²) in [5.41, 5.74) is 0.0774. The minimum Gasteiger partial charge on any atom is -0.378 e. The van der Waals surface area contributed by atoms with Gasteiger partial charge >= 0.3 is 0 Å². The molecule has 12 heteroatoms. The number of hydrogen-bond acceptors (Lipinski definition) is 9. The number of morpholine rings is 1. The van der Waals surface area contributed by atoms with Gasteiger partial charge in [0.05, 0.1) is 18.9 Å². The number of nitrogens with one attached hydrogen (secondary N) is 1. The molecule has 158 valence electrons. The Morgan fingerprint density at radius 1 is 0.903 bits per heavy atom. The highest BCUT2D eigenvalue weighted by atomic mass is 19.3. The van der Waals surface area contributed by atoms with Gasteiger partial charge in [0.2, 0.25) is 23.8 Å². The zero-order chi connectivity index (χ0) is 21.2. The van der Waals surface area contributed by atoms with Crippen LogP contribution in [0.5, 0.6) is 0 Å². The first-order chi connectivity index (χ1) is 15.2. The third-order valence-electron chi connectivity index (χ3n) is 4.71. The van der Waals surface area contributed by atoms with Crippen molar-refractivity contribution in [3.63, 3.8) is 0 Å². The monoisotopic (exact) mass is 425 g/mol. The first kappa shape index (κ1) is 19.2. The first-order valence-corrected chi connectivity index (χ1v) is 9.57. The predicted octanol–water partition coefficient (Wildman–Crippen LogP) is 2.52. The fourth-order valence-corrected chi connectivity index (χ4v) is 3.30. The molecule has 0 unspecified atom stereocenters. The van der Waals surface area contributed by atoms with Crippen molar-refractivity contribution in [3.8, 4) is 5.95 Å². The van der Waals surface area contributed by atoms with E-state index >= 15 is 0 Å². The molecule has 0 spiro atoms. The van der Waals surface area contributed by atoms with E-state index in [0.29, 0.717) is 43.3 Å². The van der Waals surface area contributed by atoms with Crippen LogP contribution in [0.2, 0.25) is 0 Å². The van der Waals surface area contributed by atoms with Crippen molar-refractivity contribution < 1.29 is 13.5 Å². The maximum atomic E-state index is 13.9. The molecule has 10 nitrogen and oxygen atoms in total. The highest BCUT2D eigenvalue weighted by Gasteiger charge is 2.23. The lowest BCUT2D eigenvalue weighted by Gasteiger charge is -2.27. The molecule has 4 aromatic rings. The van der Waals surface area contributed by atoms with Crippen LogP contribution in [0.3, 0.4) is 0 Å². The van der Waals surface area contributed by atoms with Crippen LogP contribution < -0.4 is 10.2 Å².